The number of carbonyl (C=O) groups excluding carboxylic acids is 2. The van der Waals surface area contributed by atoms with Crippen LogP contribution in [0.2, 0.25) is 0 Å². The van der Waals surface area contributed by atoms with Gasteiger partial charge >= 0.3 is 6.18 Å². The quantitative estimate of drug-likeness (QED) is 0.751. The summed E-state index contributed by atoms with van der Waals surface area (Å²) in [6.45, 7) is 1.01. The number of anilines is 2. The highest BCUT2D eigenvalue weighted by atomic mass is 19.4. The zero-order chi connectivity index (χ0) is 20.1. The highest BCUT2D eigenvalue weighted by Crippen LogP contribution is 2.36. The molecule has 3 rings (SSSR count). The fourth-order valence-corrected chi connectivity index (χ4v) is 3.09. The van der Waals surface area contributed by atoms with Gasteiger partial charge in [0.05, 0.1) is 22.5 Å². The Morgan fingerprint density at radius 1 is 1.14 bits per heavy atom. The summed E-state index contributed by atoms with van der Waals surface area (Å²) in [5.41, 5.74) is 0.0891. The monoisotopic (exact) mass is 392 g/mol. The lowest BCUT2D eigenvalue weighted by Crippen LogP contribution is -2.24. The molecule has 2 aromatic rings. The molecule has 0 aromatic heterocycles. The number of para-hydroxylation sites is 1. The van der Waals surface area contributed by atoms with Gasteiger partial charge in [-0.25, -0.2) is 0 Å². The van der Waals surface area contributed by atoms with Crippen LogP contribution in [0, 0.1) is 0 Å². The lowest BCUT2D eigenvalue weighted by Gasteiger charge is -2.23. The van der Waals surface area contributed by atoms with E-state index in [2.05, 4.69) is 5.32 Å². The third-order valence-electron chi connectivity index (χ3n) is 4.45. The van der Waals surface area contributed by atoms with Crippen LogP contribution in [0.3, 0.4) is 0 Å². The molecule has 8 heteroatoms. The molecule has 1 heterocycles. The first-order valence-electron chi connectivity index (χ1n) is 8.81. The lowest BCUT2D eigenvalue weighted by atomic mass is 10.1. The number of ether oxygens (including phenoxy) is 1. The number of carbonyl (C=O) groups is 2. The topological polar surface area (TPSA) is 58.6 Å². The number of hydrogen-bond donors (Lipinski definition) is 1. The third kappa shape index (κ3) is 4.62. The van der Waals surface area contributed by atoms with Crippen LogP contribution in [0.1, 0.15) is 28.8 Å². The second kappa shape index (κ2) is 8.33. The molecule has 0 bridgehead atoms. The third-order valence-corrected chi connectivity index (χ3v) is 4.45. The van der Waals surface area contributed by atoms with Crippen molar-refractivity contribution >= 4 is 23.6 Å². The predicted molar refractivity (Wildman–Crippen MR) is 98.8 cm³/mol. The zero-order valence-corrected chi connectivity index (χ0v) is 15.0. The van der Waals surface area contributed by atoms with E-state index in [0.29, 0.717) is 12.0 Å². The normalized spacial score (nSPS) is 14.0. The average Bonchev–Trinajstić information content (AvgIpc) is 3.20. The number of rotatable bonds is 6. The second-order valence-corrected chi connectivity index (χ2v) is 6.42. The molecule has 1 aliphatic heterocycles. The number of aldehydes is 1. The first-order valence-corrected chi connectivity index (χ1v) is 8.81. The van der Waals surface area contributed by atoms with Crippen LogP contribution in [0.25, 0.3) is 0 Å². The van der Waals surface area contributed by atoms with E-state index in [0.717, 1.165) is 38.1 Å². The van der Waals surface area contributed by atoms with Crippen LogP contribution in [-0.4, -0.2) is 31.9 Å². The summed E-state index contributed by atoms with van der Waals surface area (Å²) in [4.78, 5) is 25.2. The smallest absolute Gasteiger partial charge is 0.416 e. The predicted octanol–water partition coefficient (Wildman–Crippen LogP) is 4.14. The summed E-state index contributed by atoms with van der Waals surface area (Å²) in [5.74, 6) is -0.378. The maximum atomic E-state index is 13.1. The van der Waals surface area contributed by atoms with Crippen LogP contribution in [0.15, 0.2) is 42.5 Å². The fraction of sp³-hybridized carbons (Fsp3) is 0.300. The van der Waals surface area contributed by atoms with Gasteiger partial charge in [-0.15, -0.1) is 0 Å². The molecule has 0 saturated carbocycles. The van der Waals surface area contributed by atoms with Gasteiger partial charge in [-0.1, -0.05) is 12.1 Å². The molecule has 28 heavy (non-hydrogen) atoms. The fourth-order valence-electron chi connectivity index (χ4n) is 3.09. The minimum atomic E-state index is -4.51. The van der Waals surface area contributed by atoms with Gasteiger partial charge < -0.3 is 15.0 Å². The number of nitrogens with one attached hydrogen (secondary N) is 1. The number of amides is 1. The molecule has 5 nitrogen and oxygen atoms in total. The molecule has 1 aliphatic rings. The summed E-state index contributed by atoms with van der Waals surface area (Å²) in [7, 11) is 0. The molecular formula is C20H19F3N2O3. The largest absolute Gasteiger partial charge is 0.483 e. The van der Waals surface area contributed by atoms with Crippen LogP contribution in [-0.2, 0) is 11.0 Å². The van der Waals surface area contributed by atoms with Crippen molar-refractivity contribution in [1.29, 1.82) is 0 Å². The summed E-state index contributed by atoms with van der Waals surface area (Å²) in [6.07, 6.45) is -2.02. The molecule has 1 fully saturated rings. The van der Waals surface area contributed by atoms with E-state index in [9.17, 15) is 22.8 Å². The Labute approximate surface area is 160 Å². The Hall–Kier alpha value is -3.03. The van der Waals surface area contributed by atoms with Crippen molar-refractivity contribution in [2.24, 2.45) is 0 Å². The van der Waals surface area contributed by atoms with Gasteiger partial charge in [-0.2, -0.15) is 13.2 Å². The van der Waals surface area contributed by atoms with E-state index in [-0.39, 0.29) is 17.0 Å². The van der Waals surface area contributed by atoms with Crippen molar-refractivity contribution in [2.45, 2.75) is 19.0 Å². The first-order chi connectivity index (χ1) is 13.4. The van der Waals surface area contributed by atoms with Crippen LogP contribution in [0.4, 0.5) is 24.5 Å². The van der Waals surface area contributed by atoms with Crippen molar-refractivity contribution in [2.75, 3.05) is 29.9 Å². The molecule has 1 amide bonds. The number of alkyl halides is 3. The van der Waals surface area contributed by atoms with Crippen molar-refractivity contribution < 1.29 is 27.5 Å². The van der Waals surface area contributed by atoms with Gasteiger partial charge in [0, 0.05) is 13.1 Å². The van der Waals surface area contributed by atoms with Gasteiger partial charge in [-0.05, 0) is 43.2 Å². The Bertz CT molecular complexity index is 862. The van der Waals surface area contributed by atoms with Gasteiger partial charge in [0.25, 0.3) is 5.91 Å². The number of benzene rings is 2. The van der Waals surface area contributed by atoms with E-state index >= 15 is 0 Å². The standard InChI is InChI=1S/C20H19F3N2O3/c21-20(22,23)15-7-8-17(25-9-3-4-10-25)16(11-15)24-19(27)13-28-18-6-2-1-5-14(18)12-26/h1-2,5-8,11-12H,3-4,9-10,13H2,(H,24,27). The Kier molecular flexibility index (Phi) is 5.87. The van der Waals surface area contributed by atoms with Crippen molar-refractivity contribution in [1.82, 2.24) is 0 Å². The molecule has 1 N–H and O–H groups in total. The number of hydrogen-bond acceptors (Lipinski definition) is 4. The molecule has 0 radical (unpaired) electrons. The highest BCUT2D eigenvalue weighted by Gasteiger charge is 2.32. The minimum absolute atomic E-state index is 0.0917. The molecule has 0 atom stereocenters. The number of halogens is 3. The number of nitrogens with zero attached hydrogens (tertiary/aromatic N) is 1. The summed E-state index contributed by atoms with van der Waals surface area (Å²) < 4.78 is 44.6. The molecule has 1 saturated heterocycles. The van der Waals surface area contributed by atoms with Gasteiger partial charge in [0.15, 0.2) is 12.9 Å². The van der Waals surface area contributed by atoms with E-state index in [1.54, 1.807) is 18.2 Å². The molecular weight excluding hydrogens is 373 g/mol. The Balaban J connectivity index is 1.77. The van der Waals surface area contributed by atoms with Crippen LogP contribution >= 0.6 is 0 Å². The second-order valence-electron chi connectivity index (χ2n) is 6.42. The molecule has 2 aromatic carbocycles. The maximum Gasteiger partial charge on any atom is 0.416 e. The lowest BCUT2D eigenvalue weighted by molar-refractivity contribution is -0.137. The summed E-state index contributed by atoms with van der Waals surface area (Å²) >= 11 is 0. The molecule has 0 spiro atoms. The van der Waals surface area contributed by atoms with Crippen LogP contribution in [0.5, 0.6) is 5.75 Å². The summed E-state index contributed by atoms with van der Waals surface area (Å²) in [6, 6.07) is 9.72. The van der Waals surface area contributed by atoms with Gasteiger partial charge in [-0.3, -0.25) is 9.59 Å². The maximum absolute atomic E-state index is 13.1. The highest BCUT2D eigenvalue weighted by molar-refractivity contribution is 5.95. The molecule has 148 valence electrons. The molecule has 0 unspecified atom stereocenters. The summed E-state index contributed by atoms with van der Waals surface area (Å²) in [5, 5.41) is 2.51. The van der Waals surface area contributed by atoms with Crippen molar-refractivity contribution in [3.8, 4) is 5.75 Å². The van der Waals surface area contributed by atoms with Crippen LogP contribution < -0.4 is 15.0 Å². The Morgan fingerprint density at radius 3 is 2.54 bits per heavy atom. The van der Waals surface area contributed by atoms with Crippen molar-refractivity contribution in [3.05, 3.63) is 53.6 Å². The molecule has 0 aliphatic carbocycles. The van der Waals surface area contributed by atoms with E-state index < -0.39 is 24.3 Å². The van der Waals surface area contributed by atoms with Crippen molar-refractivity contribution in [3.63, 3.8) is 0 Å². The van der Waals surface area contributed by atoms with E-state index in [1.807, 2.05) is 4.90 Å². The van der Waals surface area contributed by atoms with E-state index in [4.69, 9.17) is 4.74 Å². The zero-order valence-electron chi connectivity index (χ0n) is 15.0. The Morgan fingerprint density at radius 2 is 1.86 bits per heavy atom. The van der Waals surface area contributed by atoms with Gasteiger partial charge in [0.1, 0.15) is 5.75 Å². The first kappa shape index (κ1) is 19.7. The van der Waals surface area contributed by atoms with E-state index in [1.165, 1.54) is 12.1 Å². The minimum Gasteiger partial charge on any atom is -0.483 e. The van der Waals surface area contributed by atoms with Gasteiger partial charge in [0.2, 0.25) is 0 Å². The average molecular weight is 392 g/mol. The SMILES string of the molecule is O=Cc1ccccc1OCC(=O)Nc1cc(C(F)(F)F)ccc1N1CCCC1.